The zero-order chi connectivity index (χ0) is 14.6. The molecule has 1 aromatic rings. The number of aromatic hydroxyl groups is 1. The summed E-state index contributed by atoms with van der Waals surface area (Å²) in [6, 6.07) is 7.50. The highest BCUT2D eigenvalue weighted by molar-refractivity contribution is 5.26. The van der Waals surface area contributed by atoms with Crippen LogP contribution in [0.4, 0.5) is 0 Å². The molecule has 2 atom stereocenters. The van der Waals surface area contributed by atoms with Crippen molar-refractivity contribution in [2.24, 2.45) is 5.92 Å². The average Bonchev–Trinajstić information content (AvgIpc) is 2.38. The molecule has 1 aromatic carbocycles. The Bertz CT molecular complexity index is 433. The second-order valence-corrected chi connectivity index (χ2v) is 6.59. The Labute approximate surface area is 123 Å². The van der Waals surface area contributed by atoms with Crippen LogP contribution in [0.5, 0.6) is 5.75 Å². The quantitative estimate of drug-likeness (QED) is 0.868. The van der Waals surface area contributed by atoms with Gasteiger partial charge in [-0.3, -0.25) is 0 Å². The molecule has 1 aliphatic carbocycles. The van der Waals surface area contributed by atoms with Crippen LogP contribution < -0.4 is 5.32 Å². The lowest BCUT2D eigenvalue weighted by Gasteiger charge is -2.45. The van der Waals surface area contributed by atoms with Crippen LogP contribution in [0.2, 0.25) is 0 Å². The van der Waals surface area contributed by atoms with E-state index in [-0.39, 0.29) is 5.54 Å². The van der Waals surface area contributed by atoms with Crippen LogP contribution in [0.1, 0.15) is 38.2 Å². The van der Waals surface area contributed by atoms with Gasteiger partial charge >= 0.3 is 0 Å². The van der Waals surface area contributed by atoms with Gasteiger partial charge in [-0.2, -0.15) is 0 Å². The molecule has 0 heterocycles. The second-order valence-electron chi connectivity index (χ2n) is 6.59. The number of benzene rings is 1. The number of nitrogens with one attached hydrogen (secondary N) is 1. The molecule has 0 bridgehead atoms. The van der Waals surface area contributed by atoms with Crippen LogP contribution in [0, 0.1) is 5.92 Å². The van der Waals surface area contributed by atoms with Crippen molar-refractivity contribution in [3.05, 3.63) is 29.8 Å². The van der Waals surface area contributed by atoms with Crippen LogP contribution in [0.3, 0.4) is 0 Å². The zero-order valence-corrected chi connectivity index (χ0v) is 13.0. The maximum atomic E-state index is 9.50. The fraction of sp³-hybridized carbons (Fsp3) is 0.647. The molecular weight excluding hydrogens is 248 g/mol. The predicted molar refractivity (Wildman–Crippen MR) is 83.9 cm³/mol. The minimum Gasteiger partial charge on any atom is -0.508 e. The van der Waals surface area contributed by atoms with Gasteiger partial charge in [0.25, 0.3) is 0 Å². The van der Waals surface area contributed by atoms with Gasteiger partial charge in [-0.15, -0.1) is 0 Å². The number of phenolic OH excluding ortho intramolecular Hbond substituents is 1. The summed E-state index contributed by atoms with van der Waals surface area (Å²) in [6.07, 6.45) is 5.24. The predicted octanol–water partition coefficient (Wildman–Crippen LogP) is 2.99. The highest BCUT2D eigenvalue weighted by Gasteiger charge is 2.36. The molecule has 0 aliphatic heterocycles. The van der Waals surface area contributed by atoms with E-state index in [4.69, 9.17) is 0 Å². The van der Waals surface area contributed by atoms with Crippen molar-refractivity contribution in [2.45, 2.75) is 44.7 Å². The molecule has 2 N–H and O–H groups in total. The molecule has 2 rings (SSSR count). The Balaban J connectivity index is 1.93. The first-order valence-electron chi connectivity index (χ1n) is 7.68. The van der Waals surface area contributed by atoms with E-state index in [1.165, 1.54) is 25.7 Å². The van der Waals surface area contributed by atoms with Crippen LogP contribution >= 0.6 is 0 Å². The third-order valence-corrected chi connectivity index (χ3v) is 4.71. The SMILES string of the molecule is CC1CCCC(CNCc2cccc(O)c2)(N(C)C)C1. The van der Waals surface area contributed by atoms with Gasteiger partial charge in [0, 0.05) is 18.6 Å². The van der Waals surface area contributed by atoms with Crippen molar-refractivity contribution in [3.63, 3.8) is 0 Å². The van der Waals surface area contributed by atoms with Crippen molar-refractivity contribution in [3.8, 4) is 5.75 Å². The van der Waals surface area contributed by atoms with Gasteiger partial charge in [0.05, 0.1) is 0 Å². The van der Waals surface area contributed by atoms with Crippen LogP contribution in [0.25, 0.3) is 0 Å². The highest BCUT2D eigenvalue weighted by Crippen LogP contribution is 2.35. The van der Waals surface area contributed by atoms with Gasteiger partial charge in [-0.1, -0.05) is 31.9 Å². The molecule has 0 amide bonds. The van der Waals surface area contributed by atoms with E-state index in [0.717, 1.165) is 24.6 Å². The lowest BCUT2D eigenvalue weighted by atomic mass is 9.75. The lowest BCUT2D eigenvalue weighted by Crippen LogP contribution is -2.54. The van der Waals surface area contributed by atoms with Gasteiger partial charge in [-0.25, -0.2) is 0 Å². The minimum atomic E-state index is 0.286. The van der Waals surface area contributed by atoms with Crippen molar-refractivity contribution in [1.82, 2.24) is 10.2 Å². The molecule has 3 heteroatoms. The van der Waals surface area contributed by atoms with Crippen LogP contribution in [-0.4, -0.2) is 36.2 Å². The van der Waals surface area contributed by atoms with Gasteiger partial charge in [-0.05, 0) is 50.6 Å². The maximum Gasteiger partial charge on any atom is 0.115 e. The molecule has 20 heavy (non-hydrogen) atoms. The molecule has 3 nitrogen and oxygen atoms in total. The molecule has 2 unspecified atom stereocenters. The second kappa shape index (κ2) is 6.59. The van der Waals surface area contributed by atoms with E-state index in [1.54, 1.807) is 6.07 Å². The van der Waals surface area contributed by atoms with E-state index in [1.807, 2.05) is 12.1 Å². The first-order valence-corrected chi connectivity index (χ1v) is 7.68. The number of phenols is 1. The number of nitrogens with zero attached hydrogens (tertiary/aromatic N) is 1. The van der Waals surface area contributed by atoms with Crippen molar-refractivity contribution in [1.29, 1.82) is 0 Å². The highest BCUT2D eigenvalue weighted by atomic mass is 16.3. The third kappa shape index (κ3) is 3.74. The van der Waals surface area contributed by atoms with Crippen molar-refractivity contribution < 1.29 is 5.11 Å². The van der Waals surface area contributed by atoms with E-state index < -0.39 is 0 Å². The minimum absolute atomic E-state index is 0.286. The molecule has 0 spiro atoms. The summed E-state index contributed by atoms with van der Waals surface area (Å²) in [5.41, 5.74) is 1.43. The van der Waals surface area contributed by atoms with Crippen molar-refractivity contribution >= 4 is 0 Å². The topological polar surface area (TPSA) is 35.5 Å². The molecule has 1 fully saturated rings. The lowest BCUT2D eigenvalue weighted by molar-refractivity contribution is 0.0749. The van der Waals surface area contributed by atoms with E-state index in [0.29, 0.717) is 5.75 Å². The van der Waals surface area contributed by atoms with Crippen LogP contribution in [0.15, 0.2) is 24.3 Å². The first-order chi connectivity index (χ1) is 9.52. The third-order valence-electron chi connectivity index (χ3n) is 4.71. The van der Waals surface area contributed by atoms with E-state index in [9.17, 15) is 5.11 Å². The standard InChI is InChI=1S/C17H28N2O/c1-14-6-5-9-17(11-14,19(2)3)13-18-12-15-7-4-8-16(20)10-15/h4,7-8,10,14,18,20H,5-6,9,11-13H2,1-3H3. The molecular formula is C17H28N2O. The van der Waals surface area contributed by atoms with Crippen LogP contribution in [-0.2, 0) is 6.54 Å². The molecule has 1 saturated carbocycles. The van der Waals surface area contributed by atoms with E-state index in [2.05, 4.69) is 37.3 Å². The Hall–Kier alpha value is -1.06. The number of likely N-dealkylation sites (N-methyl/N-ethyl adjacent to an activating group) is 1. The Morgan fingerprint density at radius 2 is 2.20 bits per heavy atom. The number of hydrogen-bond donors (Lipinski definition) is 2. The van der Waals surface area contributed by atoms with Gasteiger partial charge in [0.2, 0.25) is 0 Å². The summed E-state index contributed by atoms with van der Waals surface area (Å²) < 4.78 is 0. The molecule has 1 aliphatic rings. The Kier molecular flexibility index (Phi) is 5.06. The van der Waals surface area contributed by atoms with Gasteiger partial charge in [0.1, 0.15) is 5.75 Å². The molecule has 0 saturated heterocycles. The summed E-state index contributed by atoms with van der Waals surface area (Å²) in [5, 5.41) is 13.1. The first kappa shape index (κ1) is 15.3. The number of rotatable bonds is 5. The summed E-state index contributed by atoms with van der Waals surface area (Å²) >= 11 is 0. The Morgan fingerprint density at radius 1 is 1.40 bits per heavy atom. The smallest absolute Gasteiger partial charge is 0.115 e. The fourth-order valence-electron chi connectivity index (χ4n) is 3.46. The molecule has 0 radical (unpaired) electrons. The van der Waals surface area contributed by atoms with E-state index >= 15 is 0 Å². The average molecular weight is 276 g/mol. The number of hydrogen-bond acceptors (Lipinski definition) is 3. The Morgan fingerprint density at radius 3 is 2.85 bits per heavy atom. The van der Waals surface area contributed by atoms with Gasteiger partial charge < -0.3 is 15.3 Å². The largest absolute Gasteiger partial charge is 0.508 e. The molecule has 0 aromatic heterocycles. The summed E-state index contributed by atoms with van der Waals surface area (Å²) in [4.78, 5) is 2.40. The molecule has 112 valence electrons. The summed E-state index contributed by atoms with van der Waals surface area (Å²) in [6.45, 7) is 4.20. The summed E-state index contributed by atoms with van der Waals surface area (Å²) in [7, 11) is 4.40. The van der Waals surface area contributed by atoms with Gasteiger partial charge in [0.15, 0.2) is 0 Å². The zero-order valence-electron chi connectivity index (χ0n) is 13.0. The monoisotopic (exact) mass is 276 g/mol. The fourth-order valence-corrected chi connectivity index (χ4v) is 3.46. The summed E-state index contributed by atoms with van der Waals surface area (Å²) in [5.74, 6) is 1.16. The van der Waals surface area contributed by atoms with Crippen molar-refractivity contribution in [2.75, 3.05) is 20.6 Å². The maximum absolute atomic E-state index is 9.50. The normalized spacial score (nSPS) is 26.9.